The van der Waals surface area contributed by atoms with Gasteiger partial charge in [-0.25, -0.2) is 4.68 Å². The first-order valence-electron chi connectivity index (χ1n) is 7.87. The van der Waals surface area contributed by atoms with Gasteiger partial charge in [0.2, 0.25) is 5.78 Å². The fourth-order valence-corrected chi connectivity index (χ4v) is 2.74. The van der Waals surface area contributed by atoms with Crippen molar-refractivity contribution in [1.29, 1.82) is 0 Å². The van der Waals surface area contributed by atoms with Crippen molar-refractivity contribution >= 4 is 23.2 Å². The summed E-state index contributed by atoms with van der Waals surface area (Å²) < 4.78 is 1.57. The van der Waals surface area contributed by atoms with E-state index < -0.39 is 0 Å². The minimum Gasteiger partial charge on any atom is -0.383 e. The van der Waals surface area contributed by atoms with E-state index in [-0.39, 0.29) is 5.78 Å². The molecule has 126 valence electrons. The summed E-state index contributed by atoms with van der Waals surface area (Å²) in [5, 5.41) is 5.10. The maximum Gasteiger partial charge on any atom is 0.213 e. The molecule has 3 aromatic rings. The summed E-state index contributed by atoms with van der Waals surface area (Å²) in [4.78, 5) is 12.9. The molecule has 0 saturated carbocycles. The van der Waals surface area contributed by atoms with Crippen LogP contribution in [0.15, 0.2) is 61.2 Å². The molecule has 1 aromatic heterocycles. The molecule has 0 bridgehead atoms. The molecule has 3 rings (SSSR count). The Kier molecular flexibility index (Phi) is 4.72. The molecule has 1 heterocycles. The Morgan fingerprint density at radius 3 is 2.44 bits per heavy atom. The van der Waals surface area contributed by atoms with Gasteiger partial charge in [0.25, 0.3) is 0 Å². The molecule has 0 fully saturated rings. The summed E-state index contributed by atoms with van der Waals surface area (Å²) in [6.07, 6.45) is 2.18. The van der Waals surface area contributed by atoms with Gasteiger partial charge in [-0.3, -0.25) is 4.79 Å². The van der Waals surface area contributed by atoms with Crippen LogP contribution in [0.25, 0.3) is 5.69 Å². The molecule has 0 aliphatic carbocycles. The third kappa shape index (κ3) is 3.35. The van der Waals surface area contributed by atoms with Crippen molar-refractivity contribution in [3.05, 3.63) is 88.6 Å². The zero-order valence-corrected chi connectivity index (χ0v) is 14.6. The highest BCUT2D eigenvalue weighted by Gasteiger charge is 2.22. The van der Waals surface area contributed by atoms with Crippen molar-refractivity contribution in [1.82, 2.24) is 9.78 Å². The van der Waals surface area contributed by atoms with Gasteiger partial charge in [0.1, 0.15) is 11.5 Å². The van der Waals surface area contributed by atoms with E-state index in [2.05, 4.69) is 11.7 Å². The molecule has 2 N–H and O–H groups in total. The predicted molar refractivity (Wildman–Crippen MR) is 101 cm³/mol. The Morgan fingerprint density at radius 1 is 1.20 bits per heavy atom. The quantitative estimate of drug-likeness (QED) is 0.548. The van der Waals surface area contributed by atoms with Gasteiger partial charge in [0.05, 0.1) is 5.69 Å². The van der Waals surface area contributed by atoms with E-state index in [0.29, 0.717) is 34.1 Å². The van der Waals surface area contributed by atoms with Crippen LogP contribution in [0.5, 0.6) is 0 Å². The standard InChI is InChI=1S/C20H18ClN3O/c1-3-4-17-18(19(25)14-7-5-13(2)6-8-14)23-24(20(17)22)16-11-9-15(21)10-12-16/h3,5-12H,1,4,22H2,2H3. The predicted octanol–water partition coefficient (Wildman–Crippen LogP) is 4.38. The number of nitrogen functional groups attached to an aromatic ring is 1. The highest BCUT2D eigenvalue weighted by atomic mass is 35.5. The second-order valence-corrected chi connectivity index (χ2v) is 6.23. The van der Waals surface area contributed by atoms with E-state index >= 15 is 0 Å². The molecule has 2 aromatic carbocycles. The molecule has 5 heteroatoms. The Morgan fingerprint density at radius 2 is 1.84 bits per heavy atom. The lowest BCUT2D eigenvalue weighted by Crippen LogP contribution is -2.06. The Hall–Kier alpha value is -2.85. The van der Waals surface area contributed by atoms with Crippen molar-refractivity contribution < 1.29 is 4.79 Å². The van der Waals surface area contributed by atoms with Gasteiger partial charge in [-0.05, 0) is 37.6 Å². The van der Waals surface area contributed by atoms with Gasteiger partial charge in [0, 0.05) is 16.1 Å². The number of benzene rings is 2. The molecule has 0 atom stereocenters. The summed E-state index contributed by atoms with van der Waals surface area (Å²) in [5.74, 6) is 0.272. The fourth-order valence-electron chi connectivity index (χ4n) is 2.61. The number of carbonyl (C=O) groups excluding carboxylic acids is 1. The third-order valence-corrected chi connectivity index (χ3v) is 4.22. The molecule has 0 aliphatic rings. The molecular weight excluding hydrogens is 334 g/mol. The van der Waals surface area contributed by atoms with Crippen LogP contribution in [0, 0.1) is 6.92 Å². The first-order valence-corrected chi connectivity index (χ1v) is 8.24. The van der Waals surface area contributed by atoms with Crippen LogP contribution in [0.4, 0.5) is 5.82 Å². The van der Waals surface area contributed by atoms with E-state index in [9.17, 15) is 4.79 Å². The molecule has 0 radical (unpaired) electrons. The van der Waals surface area contributed by atoms with Gasteiger partial charge in [-0.1, -0.05) is 47.5 Å². The Labute approximate surface area is 151 Å². The molecule has 0 saturated heterocycles. The van der Waals surface area contributed by atoms with Crippen molar-refractivity contribution in [3.8, 4) is 5.69 Å². The second kappa shape index (κ2) is 6.95. The molecule has 4 nitrogen and oxygen atoms in total. The summed E-state index contributed by atoms with van der Waals surface area (Å²) in [6, 6.07) is 14.5. The number of allylic oxidation sites excluding steroid dienone is 1. The number of aryl methyl sites for hydroxylation is 1. The lowest BCUT2D eigenvalue weighted by atomic mass is 10.0. The van der Waals surface area contributed by atoms with Gasteiger partial charge >= 0.3 is 0 Å². The second-order valence-electron chi connectivity index (χ2n) is 5.79. The van der Waals surface area contributed by atoms with Crippen LogP contribution in [0.1, 0.15) is 27.2 Å². The van der Waals surface area contributed by atoms with E-state index in [1.165, 1.54) is 0 Å². The summed E-state index contributed by atoms with van der Waals surface area (Å²) >= 11 is 5.94. The van der Waals surface area contributed by atoms with Crippen LogP contribution in [0.2, 0.25) is 5.02 Å². The first kappa shape index (κ1) is 17.0. The third-order valence-electron chi connectivity index (χ3n) is 3.97. The van der Waals surface area contributed by atoms with Gasteiger partial charge in [-0.15, -0.1) is 6.58 Å². The number of rotatable bonds is 5. The number of nitrogens with zero attached hydrogens (tertiary/aromatic N) is 2. The zero-order valence-electron chi connectivity index (χ0n) is 13.9. The lowest BCUT2D eigenvalue weighted by molar-refractivity contribution is 0.103. The van der Waals surface area contributed by atoms with Crippen molar-refractivity contribution in [2.24, 2.45) is 0 Å². The van der Waals surface area contributed by atoms with Gasteiger partial charge in [0.15, 0.2) is 0 Å². The summed E-state index contributed by atoms with van der Waals surface area (Å²) in [7, 11) is 0. The average Bonchev–Trinajstić information content (AvgIpc) is 2.93. The molecule has 0 amide bonds. The normalized spacial score (nSPS) is 10.6. The average molecular weight is 352 g/mol. The number of ketones is 1. The molecule has 0 aliphatic heterocycles. The summed E-state index contributed by atoms with van der Waals surface area (Å²) in [6.45, 7) is 5.73. The van der Waals surface area contributed by atoms with Crippen LogP contribution < -0.4 is 5.73 Å². The fraction of sp³-hybridized carbons (Fsp3) is 0.100. The number of aromatic nitrogens is 2. The highest BCUT2D eigenvalue weighted by Crippen LogP contribution is 2.25. The number of halogens is 1. The zero-order chi connectivity index (χ0) is 18.0. The highest BCUT2D eigenvalue weighted by molar-refractivity contribution is 6.30. The van der Waals surface area contributed by atoms with Crippen molar-refractivity contribution in [2.75, 3.05) is 5.73 Å². The maximum atomic E-state index is 12.9. The van der Waals surface area contributed by atoms with E-state index in [0.717, 1.165) is 11.3 Å². The number of anilines is 1. The number of nitrogens with two attached hydrogens (primary N) is 1. The number of hydrogen-bond acceptors (Lipinski definition) is 3. The maximum absolute atomic E-state index is 12.9. The van der Waals surface area contributed by atoms with E-state index in [1.54, 1.807) is 35.0 Å². The number of hydrogen-bond donors (Lipinski definition) is 1. The van der Waals surface area contributed by atoms with Gasteiger partial charge < -0.3 is 5.73 Å². The van der Waals surface area contributed by atoms with E-state index in [4.69, 9.17) is 17.3 Å². The van der Waals surface area contributed by atoms with Crippen LogP contribution in [-0.4, -0.2) is 15.6 Å². The van der Waals surface area contributed by atoms with Crippen LogP contribution in [0.3, 0.4) is 0 Å². The summed E-state index contributed by atoms with van der Waals surface area (Å²) in [5.41, 5.74) is 9.71. The minimum absolute atomic E-state index is 0.156. The first-order chi connectivity index (χ1) is 12.0. The molecule has 0 spiro atoms. The largest absolute Gasteiger partial charge is 0.383 e. The van der Waals surface area contributed by atoms with Crippen molar-refractivity contribution in [3.63, 3.8) is 0 Å². The molecule has 25 heavy (non-hydrogen) atoms. The number of carbonyl (C=O) groups is 1. The minimum atomic E-state index is -0.156. The van der Waals surface area contributed by atoms with Crippen LogP contribution >= 0.6 is 11.6 Å². The van der Waals surface area contributed by atoms with Crippen LogP contribution in [-0.2, 0) is 6.42 Å². The Bertz CT molecular complexity index is 925. The monoisotopic (exact) mass is 351 g/mol. The molecule has 0 unspecified atom stereocenters. The topological polar surface area (TPSA) is 60.9 Å². The Balaban J connectivity index is 2.10. The lowest BCUT2D eigenvalue weighted by Gasteiger charge is -2.04. The smallest absolute Gasteiger partial charge is 0.213 e. The molecular formula is C20H18ClN3O. The van der Waals surface area contributed by atoms with Gasteiger partial charge in [-0.2, -0.15) is 5.10 Å². The van der Waals surface area contributed by atoms with E-state index in [1.807, 2.05) is 31.2 Å². The van der Waals surface area contributed by atoms with Crippen molar-refractivity contribution in [2.45, 2.75) is 13.3 Å². The SMILES string of the molecule is C=CCc1c(C(=O)c2ccc(C)cc2)nn(-c2ccc(Cl)cc2)c1N.